The molecule has 6 aromatic carbocycles. The van der Waals surface area contributed by atoms with Crippen LogP contribution in [-0.4, -0.2) is 39.2 Å². The number of fused-ring (bicyclic) bond motifs is 6. The fourth-order valence-corrected chi connectivity index (χ4v) is 9.97. The van der Waals surface area contributed by atoms with Crippen LogP contribution < -0.4 is 46.1 Å². The number of hydrogen-bond donors (Lipinski definition) is 6. The lowest BCUT2D eigenvalue weighted by molar-refractivity contribution is -0.137. The van der Waals surface area contributed by atoms with Crippen molar-refractivity contribution in [1.29, 1.82) is 0 Å². The van der Waals surface area contributed by atoms with E-state index < -0.39 is 11.7 Å². The Morgan fingerprint density at radius 1 is 0.457 bits per heavy atom. The van der Waals surface area contributed by atoms with E-state index in [1.54, 1.807) is 21.3 Å². The Labute approximate surface area is 405 Å². The average Bonchev–Trinajstić information content (AvgIpc) is 4.12. The Balaban J connectivity index is 0.000000122. The van der Waals surface area contributed by atoms with E-state index in [0.717, 1.165) is 102 Å². The van der Waals surface area contributed by atoms with Crippen molar-refractivity contribution in [3.63, 3.8) is 0 Å². The molecule has 3 unspecified atom stereocenters. The van der Waals surface area contributed by atoms with Crippen LogP contribution in [0.1, 0.15) is 93.0 Å². The van der Waals surface area contributed by atoms with Gasteiger partial charge in [-0.05, 0) is 107 Å². The van der Waals surface area contributed by atoms with Gasteiger partial charge in [0.1, 0.15) is 5.75 Å². The first kappa shape index (κ1) is 46.1. The standard InChI is InChI=1S/C19H21N3O2.C18H16F3N3.C18H19N3O/c1-23-17-9-13-11-20-19(22-16(13)10-18(17)24-2)21-15-8-7-12-5-3-4-6-14(12)15;19-18(20,21)13-7-5-12-10-22-17(24-16(12)9-13)23-15-8-6-11-3-1-2-4-14(11)15;1-22-14-8-6-13-11-19-18(21-17(13)10-14)20-16-9-7-12-4-2-3-5-15(12)16/h3-6,9-10,15H,7-8,11H2,1-2H3,(H2,20,21,22);1-5,7,9,15H,6,8,10H2,(H2,22,23,24);2-6,8,10,16H,7,9,11H2,1H3,(H2,19,20,21). The van der Waals surface area contributed by atoms with Crippen LogP contribution in [0.2, 0.25) is 0 Å². The molecule has 3 atom stereocenters. The third kappa shape index (κ3) is 10.1. The quantitative estimate of drug-likeness (QED) is 0.0964. The van der Waals surface area contributed by atoms with Gasteiger partial charge in [0.15, 0.2) is 29.4 Å². The van der Waals surface area contributed by atoms with Gasteiger partial charge in [-0.25, -0.2) is 15.0 Å². The Morgan fingerprint density at radius 3 is 1.33 bits per heavy atom. The molecular formula is C55H56F3N9O3. The number of rotatable bonds is 6. The van der Waals surface area contributed by atoms with Crippen LogP contribution in [0.25, 0.3) is 0 Å². The molecule has 15 heteroatoms. The number of alkyl halides is 3. The fraction of sp³-hybridized carbons (Fsp3) is 0.291. The Morgan fingerprint density at radius 2 is 0.871 bits per heavy atom. The lowest BCUT2D eigenvalue weighted by atomic mass is 10.1. The molecule has 12 nitrogen and oxygen atoms in total. The number of nitrogens with zero attached hydrogens (tertiary/aromatic N) is 3. The molecule has 0 spiro atoms. The van der Waals surface area contributed by atoms with E-state index in [1.807, 2.05) is 36.4 Å². The summed E-state index contributed by atoms with van der Waals surface area (Å²) < 4.78 is 54.7. The normalized spacial score (nSPS) is 18.7. The molecule has 3 aliphatic heterocycles. The Hall–Kier alpha value is -7.68. The maximum atomic E-state index is 12.9. The summed E-state index contributed by atoms with van der Waals surface area (Å²) in [6, 6.07) is 40.0. The number of aryl methyl sites for hydroxylation is 3. The molecule has 3 heterocycles. The molecule has 6 aliphatic rings. The van der Waals surface area contributed by atoms with Gasteiger partial charge in [0.2, 0.25) is 0 Å². The third-order valence-corrected chi connectivity index (χ3v) is 13.7. The number of guanidine groups is 3. The second-order valence-electron chi connectivity index (χ2n) is 17.9. The first-order valence-corrected chi connectivity index (χ1v) is 23.7. The highest BCUT2D eigenvalue weighted by atomic mass is 19.4. The highest BCUT2D eigenvalue weighted by Gasteiger charge is 2.32. The maximum Gasteiger partial charge on any atom is 0.416 e. The Bertz CT molecular complexity index is 2990. The minimum absolute atomic E-state index is 0.139. The first-order chi connectivity index (χ1) is 34.1. The monoisotopic (exact) mass is 947 g/mol. The lowest BCUT2D eigenvalue weighted by Gasteiger charge is -2.24. The van der Waals surface area contributed by atoms with Gasteiger partial charge in [0.05, 0.1) is 64.7 Å². The van der Waals surface area contributed by atoms with Crippen LogP contribution in [0.4, 0.5) is 30.2 Å². The third-order valence-electron chi connectivity index (χ3n) is 13.7. The van der Waals surface area contributed by atoms with E-state index in [1.165, 1.54) is 45.0 Å². The molecule has 3 aliphatic carbocycles. The second kappa shape index (κ2) is 20.1. The summed E-state index contributed by atoms with van der Waals surface area (Å²) in [6.07, 6.45) is 2.06. The van der Waals surface area contributed by atoms with Gasteiger partial charge < -0.3 is 46.1 Å². The largest absolute Gasteiger partial charge is 0.497 e. The summed E-state index contributed by atoms with van der Waals surface area (Å²) in [5, 5.41) is 20.2. The van der Waals surface area contributed by atoms with E-state index >= 15 is 0 Å². The summed E-state index contributed by atoms with van der Waals surface area (Å²) >= 11 is 0. The summed E-state index contributed by atoms with van der Waals surface area (Å²) in [6.45, 7) is 1.69. The molecule has 0 saturated heterocycles. The minimum Gasteiger partial charge on any atom is -0.497 e. The second-order valence-corrected chi connectivity index (χ2v) is 17.9. The van der Waals surface area contributed by atoms with E-state index in [2.05, 4.69) is 114 Å². The highest BCUT2D eigenvalue weighted by molar-refractivity contribution is 5.98. The number of hydrogen-bond acceptors (Lipinski definition) is 12. The van der Waals surface area contributed by atoms with Gasteiger partial charge in [0.25, 0.3) is 0 Å². The van der Waals surface area contributed by atoms with Crippen molar-refractivity contribution in [3.05, 3.63) is 177 Å². The van der Waals surface area contributed by atoms with E-state index in [-0.39, 0.29) is 6.04 Å². The van der Waals surface area contributed by atoms with Crippen LogP contribution in [0.3, 0.4) is 0 Å². The molecular weight excluding hydrogens is 892 g/mol. The summed E-state index contributed by atoms with van der Waals surface area (Å²) in [4.78, 5) is 13.7. The molecule has 12 rings (SSSR count). The molecule has 0 aromatic heterocycles. The Kier molecular flexibility index (Phi) is 13.2. The lowest BCUT2D eigenvalue weighted by Crippen LogP contribution is -2.35. The smallest absolute Gasteiger partial charge is 0.416 e. The minimum atomic E-state index is -4.34. The molecule has 0 radical (unpaired) electrons. The predicted octanol–water partition coefficient (Wildman–Crippen LogP) is 10.8. The molecule has 6 aromatic rings. The molecule has 0 bridgehead atoms. The number of benzene rings is 6. The molecule has 360 valence electrons. The van der Waals surface area contributed by atoms with Crippen LogP contribution in [0, 0.1) is 0 Å². The van der Waals surface area contributed by atoms with Crippen molar-refractivity contribution in [3.8, 4) is 17.2 Å². The number of halogens is 3. The number of aliphatic imine (C=N–C) groups is 3. The molecule has 0 fully saturated rings. The van der Waals surface area contributed by atoms with Crippen molar-refractivity contribution in [2.75, 3.05) is 37.3 Å². The predicted molar refractivity (Wildman–Crippen MR) is 270 cm³/mol. The van der Waals surface area contributed by atoms with Gasteiger partial charge in [-0.15, -0.1) is 0 Å². The zero-order chi connectivity index (χ0) is 48.2. The van der Waals surface area contributed by atoms with Gasteiger partial charge >= 0.3 is 6.18 Å². The van der Waals surface area contributed by atoms with Crippen molar-refractivity contribution in [1.82, 2.24) is 16.0 Å². The van der Waals surface area contributed by atoms with Crippen molar-refractivity contribution >= 4 is 34.9 Å². The average molecular weight is 948 g/mol. The number of methoxy groups -OCH3 is 3. The van der Waals surface area contributed by atoms with E-state index in [0.29, 0.717) is 43.4 Å². The van der Waals surface area contributed by atoms with Crippen molar-refractivity contribution in [2.24, 2.45) is 15.0 Å². The number of nitrogens with one attached hydrogen (secondary N) is 6. The van der Waals surface area contributed by atoms with Crippen LogP contribution >= 0.6 is 0 Å². The van der Waals surface area contributed by atoms with Gasteiger partial charge in [0, 0.05) is 34.8 Å². The van der Waals surface area contributed by atoms with Crippen LogP contribution in [0.15, 0.2) is 136 Å². The summed E-state index contributed by atoms with van der Waals surface area (Å²) in [7, 11) is 4.98. The van der Waals surface area contributed by atoms with Gasteiger partial charge in [-0.1, -0.05) is 84.9 Å². The van der Waals surface area contributed by atoms with Gasteiger partial charge in [-0.2, -0.15) is 13.2 Å². The molecule has 70 heavy (non-hydrogen) atoms. The maximum absolute atomic E-state index is 12.9. The van der Waals surface area contributed by atoms with Crippen LogP contribution in [0.5, 0.6) is 17.2 Å². The van der Waals surface area contributed by atoms with Crippen molar-refractivity contribution in [2.45, 2.75) is 82.5 Å². The highest BCUT2D eigenvalue weighted by Crippen LogP contribution is 2.38. The fourth-order valence-electron chi connectivity index (χ4n) is 9.97. The topological polar surface area (TPSA) is 137 Å². The molecule has 6 N–H and O–H groups in total. The number of anilines is 3. The molecule has 0 amide bonds. The zero-order valence-electron chi connectivity index (χ0n) is 39.3. The van der Waals surface area contributed by atoms with Crippen molar-refractivity contribution < 1.29 is 27.4 Å². The summed E-state index contributed by atoms with van der Waals surface area (Å²) in [5.41, 5.74) is 13.1. The summed E-state index contributed by atoms with van der Waals surface area (Å²) in [5.74, 6) is 4.51. The SMILES string of the molecule is COc1cc2c(cc1OC)NC(NC1CCc3ccccc31)=NC2.COc1ccc2c(c1)NC(NC1CCc3ccccc31)=NC2.FC(F)(F)c1ccc2c(c1)NC(NC1CCc3ccccc31)=NC2. The van der Waals surface area contributed by atoms with E-state index in [9.17, 15) is 13.2 Å². The number of ether oxygens (including phenoxy) is 3. The first-order valence-electron chi connectivity index (χ1n) is 23.7. The molecule has 0 saturated carbocycles. The van der Waals surface area contributed by atoms with Gasteiger partial charge in [-0.3, -0.25) is 0 Å². The van der Waals surface area contributed by atoms with Crippen LogP contribution in [-0.2, 0) is 45.1 Å². The zero-order valence-corrected chi connectivity index (χ0v) is 39.3. The van der Waals surface area contributed by atoms with E-state index in [4.69, 9.17) is 14.2 Å².